The Morgan fingerprint density at radius 3 is 2.03 bits per heavy atom. The predicted molar refractivity (Wildman–Crippen MR) is 128 cm³/mol. The van der Waals surface area contributed by atoms with E-state index in [1.165, 1.54) is 38.9 Å². The van der Waals surface area contributed by atoms with E-state index in [9.17, 15) is 0 Å². The molecule has 0 N–H and O–H groups in total. The van der Waals surface area contributed by atoms with Gasteiger partial charge < -0.3 is 0 Å². The predicted octanol–water partition coefficient (Wildman–Crippen LogP) is 7.85. The lowest BCUT2D eigenvalue weighted by molar-refractivity contribution is 1.38. The quantitative estimate of drug-likeness (QED) is 0.308. The van der Waals surface area contributed by atoms with Crippen molar-refractivity contribution < 1.29 is 0 Å². The number of pyridine rings is 1. The topological polar surface area (TPSA) is 12.9 Å². The molecule has 1 heterocycles. The molecular weight excluding hydrogens is 362 g/mol. The smallest absolute Gasteiger partial charge is 0.0716 e. The van der Waals surface area contributed by atoms with Crippen molar-refractivity contribution in [3.8, 4) is 33.5 Å². The van der Waals surface area contributed by atoms with E-state index < -0.39 is 0 Å². The molecule has 1 heteroatoms. The van der Waals surface area contributed by atoms with E-state index in [0.717, 1.165) is 16.6 Å². The number of rotatable bonds is 3. The normalized spacial score (nSPS) is 11.0. The van der Waals surface area contributed by atoms with Gasteiger partial charge in [-0.05, 0) is 60.4 Å². The summed E-state index contributed by atoms with van der Waals surface area (Å²) in [6.07, 6.45) is 0. The number of aromatic nitrogens is 1. The highest BCUT2D eigenvalue weighted by Gasteiger charge is 2.10. The van der Waals surface area contributed by atoms with Crippen LogP contribution in [0.4, 0.5) is 0 Å². The molecule has 5 rings (SSSR count). The molecular formula is C29H23N. The third-order valence-corrected chi connectivity index (χ3v) is 5.61. The van der Waals surface area contributed by atoms with Crippen molar-refractivity contribution in [3.63, 3.8) is 0 Å². The molecule has 30 heavy (non-hydrogen) atoms. The second-order valence-corrected chi connectivity index (χ2v) is 7.89. The molecule has 0 saturated heterocycles. The van der Waals surface area contributed by atoms with Crippen molar-refractivity contribution in [2.24, 2.45) is 0 Å². The molecule has 0 aliphatic heterocycles. The van der Waals surface area contributed by atoms with Crippen molar-refractivity contribution in [3.05, 3.63) is 114 Å². The van der Waals surface area contributed by atoms with Gasteiger partial charge in [0.05, 0.1) is 11.2 Å². The molecule has 0 aliphatic carbocycles. The summed E-state index contributed by atoms with van der Waals surface area (Å²) < 4.78 is 0. The second-order valence-electron chi connectivity index (χ2n) is 7.89. The van der Waals surface area contributed by atoms with Crippen molar-refractivity contribution in [1.82, 2.24) is 4.98 Å². The number of benzene rings is 4. The van der Waals surface area contributed by atoms with Crippen LogP contribution in [0.25, 0.3) is 44.4 Å². The minimum absolute atomic E-state index is 1.01. The van der Waals surface area contributed by atoms with Crippen LogP contribution in [0.2, 0.25) is 0 Å². The van der Waals surface area contributed by atoms with E-state index in [1.54, 1.807) is 0 Å². The molecule has 0 radical (unpaired) electrons. The fraction of sp³-hybridized carbons (Fsp3) is 0.0690. The van der Waals surface area contributed by atoms with Gasteiger partial charge in [0.1, 0.15) is 0 Å². The molecule has 0 saturated carbocycles. The Hall–Kier alpha value is -3.71. The van der Waals surface area contributed by atoms with Gasteiger partial charge in [0.2, 0.25) is 0 Å². The van der Waals surface area contributed by atoms with Gasteiger partial charge >= 0.3 is 0 Å². The minimum atomic E-state index is 1.01. The third kappa shape index (κ3) is 3.51. The molecule has 1 aromatic heterocycles. The van der Waals surface area contributed by atoms with Gasteiger partial charge in [-0.15, -0.1) is 0 Å². The lowest BCUT2D eigenvalue weighted by Gasteiger charge is -2.12. The summed E-state index contributed by atoms with van der Waals surface area (Å²) in [4.78, 5) is 5.02. The number of fused-ring (bicyclic) bond motifs is 1. The first-order chi connectivity index (χ1) is 14.7. The number of aryl methyl sites for hydroxylation is 2. The summed E-state index contributed by atoms with van der Waals surface area (Å²) in [5, 5.41) is 1.16. The molecule has 144 valence electrons. The van der Waals surface area contributed by atoms with Gasteiger partial charge in [-0.3, -0.25) is 0 Å². The maximum atomic E-state index is 5.02. The zero-order valence-corrected chi connectivity index (χ0v) is 17.3. The van der Waals surface area contributed by atoms with E-state index in [1.807, 2.05) is 0 Å². The fourth-order valence-corrected chi connectivity index (χ4v) is 3.94. The largest absolute Gasteiger partial charge is 0.248 e. The number of hydrogen-bond acceptors (Lipinski definition) is 1. The van der Waals surface area contributed by atoms with Gasteiger partial charge in [-0.25, -0.2) is 4.98 Å². The molecule has 1 nitrogen and oxygen atoms in total. The Labute approximate surface area is 177 Å². The van der Waals surface area contributed by atoms with Crippen LogP contribution in [0, 0.1) is 13.8 Å². The van der Waals surface area contributed by atoms with Crippen LogP contribution in [0.3, 0.4) is 0 Å². The van der Waals surface area contributed by atoms with Gasteiger partial charge in [-0.2, -0.15) is 0 Å². The Balaban J connectivity index is 1.60. The van der Waals surface area contributed by atoms with E-state index in [4.69, 9.17) is 4.98 Å². The highest BCUT2D eigenvalue weighted by atomic mass is 14.7. The molecule has 0 unspecified atom stereocenters. The van der Waals surface area contributed by atoms with E-state index in [0.29, 0.717) is 0 Å². The van der Waals surface area contributed by atoms with Crippen LogP contribution in [0.15, 0.2) is 103 Å². The lowest BCUT2D eigenvalue weighted by Crippen LogP contribution is -1.91. The summed E-state index contributed by atoms with van der Waals surface area (Å²) in [5.74, 6) is 0. The Morgan fingerprint density at radius 1 is 0.500 bits per heavy atom. The first kappa shape index (κ1) is 18.3. The summed E-state index contributed by atoms with van der Waals surface area (Å²) in [6, 6.07) is 36.7. The van der Waals surface area contributed by atoms with Gasteiger partial charge in [0.15, 0.2) is 0 Å². The summed E-state index contributed by atoms with van der Waals surface area (Å²) in [5.41, 5.74) is 10.6. The zero-order chi connectivity index (χ0) is 20.5. The van der Waals surface area contributed by atoms with Crippen molar-refractivity contribution in [2.75, 3.05) is 0 Å². The number of nitrogens with zero attached hydrogens (tertiary/aromatic N) is 1. The maximum Gasteiger partial charge on any atom is 0.0716 e. The highest BCUT2D eigenvalue weighted by molar-refractivity contribution is 5.89. The van der Waals surface area contributed by atoms with Crippen molar-refractivity contribution in [2.45, 2.75) is 13.8 Å². The van der Waals surface area contributed by atoms with Crippen LogP contribution in [-0.2, 0) is 0 Å². The SMILES string of the molecule is Cc1ccc(-c2ccc3nc(-c4cc(C)ccc4-c4ccccc4)ccc3c2)cc1. The summed E-state index contributed by atoms with van der Waals surface area (Å²) in [7, 11) is 0. The van der Waals surface area contributed by atoms with Crippen molar-refractivity contribution >= 4 is 10.9 Å². The van der Waals surface area contributed by atoms with Crippen LogP contribution in [0.5, 0.6) is 0 Å². The van der Waals surface area contributed by atoms with E-state index >= 15 is 0 Å². The fourth-order valence-electron chi connectivity index (χ4n) is 3.94. The minimum Gasteiger partial charge on any atom is -0.248 e. The monoisotopic (exact) mass is 385 g/mol. The standard InChI is InChI=1S/C29H23N/c1-20-8-11-22(12-9-20)24-13-16-28-25(19-24)14-17-29(30-28)27-18-21(2)10-15-26(27)23-6-4-3-5-7-23/h3-19H,1-2H3. The van der Waals surface area contributed by atoms with E-state index in [2.05, 4.69) is 117 Å². The second kappa shape index (κ2) is 7.61. The molecule has 0 atom stereocenters. The maximum absolute atomic E-state index is 5.02. The molecule has 0 amide bonds. The summed E-state index contributed by atoms with van der Waals surface area (Å²) >= 11 is 0. The van der Waals surface area contributed by atoms with Crippen LogP contribution in [0.1, 0.15) is 11.1 Å². The molecule has 0 bridgehead atoms. The Bertz CT molecular complexity index is 1330. The molecule has 0 fully saturated rings. The third-order valence-electron chi connectivity index (χ3n) is 5.61. The van der Waals surface area contributed by atoms with Gasteiger partial charge in [0, 0.05) is 10.9 Å². The lowest BCUT2D eigenvalue weighted by atomic mass is 9.95. The average molecular weight is 386 g/mol. The number of hydrogen-bond donors (Lipinski definition) is 0. The van der Waals surface area contributed by atoms with Crippen molar-refractivity contribution in [1.29, 1.82) is 0 Å². The Kier molecular flexibility index (Phi) is 4.65. The highest BCUT2D eigenvalue weighted by Crippen LogP contribution is 2.33. The molecule has 5 aromatic rings. The van der Waals surface area contributed by atoms with Crippen LogP contribution < -0.4 is 0 Å². The Morgan fingerprint density at radius 2 is 1.23 bits per heavy atom. The molecule has 0 aliphatic rings. The summed E-state index contributed by atoms with van der Waals surface area (Å²) in [6.45, 7) is 4.25. The average Bonchev–Trinajstić information content (AvgIpc) is 2.79. The van der Waals surface area contributed by atoms with Gasteiger partial charge in [-0.1, -0.05) is 90.0 Å². The molecule has 4 aromatic carbocycles. The molecule has 0 spiro atoms. The first-order valence-electron chi connectivity index (χ1n) is 10.3. The van der Waals surface area contributed by atoms with Gasteiger partial charge in [0.25, 0.3) is 0 Å². The van der Waals surface area contributed by atoms with Crippen LogP contribution >= 0.6 is 0 Å². The van der Waals surface area contributed by atoms with E-state index in [-0.39, 0.29) is 0 Å². The first-order valence-corrected chi connectivity index (χ1v) is 10.3. The van der Waals surface area contributed by atoms with Crippen LogP contribution in [-0.4, -0.2) is 4.98 Å². The zero-order valence-electron chi connectivity index (χ0n) is 17.3.